The van der Waals surface area contributed by atoms with E-state index in [1.807, 2.05) is 30.3 Å². The SMILES string of the molecule is O=c1cc(-c2cc3c(ccc4ccccc43)oc2=O)c2ccc(O)cc2o1. The molecule has 5 nitrogen and oxygen atoms in total. The van der Waals surface area contributed by atoms with E-state index >= 15 is 0 Å². The Balaban J connectivity index is 1.92. The molecule has 0 spiro atoms. The first kappa shape index (κ1) is 15.4. The highest BCUT2D eigenvalue weighted by Crippen LogP contribution is 2.31. The number of hydrogen-bond donors (Lipinski definition) is 1. The van der Waals surface area contributed by atoms with Crippen LogP contribution in [0, 0.1) is 0 Å². The number of aromatic hydroxyl groups is 1. The van der Waals surface area contributed by atoms with Crippen molar-refractivity contribution in [3.8, 4) is 16.9 Å². The summed E-state index contributed by atoms with van der Waals surface area (Å²) in [4.78, 5) is 24.6. The topological polar surface area (TPSA) is 80.7 Å². The Morgan fingerprint density at radius 2 is 1.52 bits per heavy atom. The minimum absolute atomic E-state index is 0.0284. The van der Waals surface area contributed by atoms with Gasteiger partial charge >= 0.3 is 11.3 Å². The maximum absolute atomic E-state index is 12.6. The highest BCUT2D eigenvalue weighted by molar-refractivity contribution is 6.07. The molecule has 0 bridgehead atoms. The zero-order chi connectivity index (χ0) is 18.5. The van der Waals surface area contributed by atoms with Gasteiger partial charge < -0.3 is 13.9 Å². The van der Waals surface area contributed by atoms with Crippen molar-refractivity contribution in [2.75, 3.05) is 0 Å². The zero-order valence-electron chi connectivity index (χ0n) is 13.9. The average molecular weight is 356 g/mol. The van der Waals surface area contributed by atoms with Gasteiger partial charge in [-0.3, -0.25) is 0 Å². The molecule has 0 aliphatic carbocycles. The van der Waals surface area contributed by atoms with E-state index in [2.05, 4.69) is 0 Å². The van der Waals surface area contributed by atoms with Gasteiger partial charge in [0.2, 0.25) is 0 Å². The van der Waals surface area contributed by atoms with Crippen LogP contribution >= 0.6 is 0 Å². The van der Waals surface area contributed by atoms with Crippen LogP contribution in [-0.4, -0.2) is 5.11 Å². The molecule has 0 unspecified atom stereocenters. The molecular weight excluding hydrogens is 344 g/mol. The molecule has 2 heterocycles. The van der Waals surface area contributed by atoms with Crippen molar-refractivity contribution in [2.45, 2.75) is 0 Å². The molecule has 27 heavy (non-hydrogen) atoms. The number of hydrogen-bond acceptors (Lipinski definition) is 5. The van der Waals surface area contributed by atoms with Gasteiger partial charge in [0, 0.05) is 28.5 Å². The van der Waals surface area contributed by atoms with Crippen LogP contribution in [0.1, 0.15) is 0 Å². The van der Waals surface area contributed by atoms with Crippen LogP contribution in [0.3, 0.4) is 0 Å². The molecule has 0 radical (unpaired) electrons. The van der Waals surface area contributed by atoms with Gasteiger partial charge in [-0.1, -0.05) is 30.3 Å². The number of phenolic OH excluding ortho intramolecular Hbond substituents is 1. The van der Waals surface area contributed by atoms with Crippen LogP contribution in [0.2, 0.25) is 0 Å². The summed E-state index contributed by atoms with van der Waals surface area (Å²) in [6, 6.07) is 18.9. The van der Waals surface area contributed by atoms with E-state index in [9.17, 15) is 14.7 Å². The smallest absolute Gasteiger partial charge is 0.344 e. The lowest BCUT2D eigenvalue weighted by Gasteiger charge is -2.08. The quantitative estimate of drug-likeness (QED) is 0.355. The molecule has 130 valence electrons. The van der Waals surface area contributed by atoms with Crippen molar-refractivity contribution in [1.29, 1.82) is 0 Å². The molecule has 0 atom stereocenters. The van der Waals surface area contributed by atoms with Gasteiger partial charge in [-0.25, -0.2) is 9.59 Å². The Morgan fingerprint density at radius 1 is 0.667 bits per heavy atom. The van der Waals surface area contributed by atoms with Crippen molar-refractivity contribution in [3.63, 3.8) is 0 Å². The lowest BCUT2D eigenvalue weighted by Crippen LogP contribution is -2.06. The zero-order valence-corrected chi connectivity index (χ0v) is 13.9. The van der Waals surface area contributed by atoms with E-state index < -0.39 is 11.3 Å². The first-order valence-corrected chi connectivity index (χ1v) is 8.33. The molecule has 0 amide bonds. The van der Waals surface area contributed by atoms with Crippen molar-refractivity contribution in [3.05, 3.63) is 87.6 Å². The van der Waals surface area contributed by atoms with Gasteiger partial charge in [0.1, 0.15) is 16.9 Å². The van der Waals surface area contributed by atoms with Gasteiger partial charge in [-0.2, -0.15) is 0 Å². The maximum Gasteiger partial charge on any atom is 0.344 e. The van der Waals surface area contributed by atoms with E-state index in [-0.39, 0.29) is 16.9 Å². The molecule has 5 heteroatoms. The van der Waals surface area contributed by atoms with Crippen molar-refractivity contribution in [1.82, 2.24) is 0 Å². The molecule has 2 aromatic heterocycles. The molecule has 0 aliphatic rings. The predicted molar refractivity (Wildman–Crippen MR) is 103 cm³/mol. The number of benzene rings is 3. The molecule has 0 fully saturated rings. The van der Waals surface area contributed by atoms with Crippen LogP contribution < -0.4 is 11.3 Å². The summed E-state index contributed by atoms with van der Waals surface area (Å²) in [5, 5.41) is 12.9. The summed E-state index contributed by atoms with van der Waals surface area (Å²) < 4.78 is 10.7. The van der Waals surface area contributed by atoms with Crippen LogP contribution in [0.25, 0.3) is 43.8 Å². The predicted octanol–water partition coefficient (Wildman–Crippen LogP) is 4.43. The average Bonchev–Trinajstić information content (AvgIpc) is 2.66. The van der Waals surface area contributed by atoms with Gasteiger partial charge in [-0.15, -0.1) is 0 Å². The van der Waals surface area contributed by atoms with Crippen molar-refractivity contribution < 1.29 is 13.9 Å². The van der Waals surface area contributed by atoms with Crippen LogP contribution in [0.15, 0.2) is 85.2 Å². The summed E-state index contributed by atoms with van der Waals surface area (Å²) in [5.41, 5.74) is 0.202. The van der Waals surface area contributed by atoms with E-state index in [4.69, 9.17) is 8.83 Å². The second kappa shape index (κ2) is 5.57. The van der Waals surface area contributed by atoms with Crippen LogP contribution in [0.5, 0.6) is 5.75 Å². The fraction of sp³-hybridized carbons (Fsp3) is 0. The lowest BCUT2D eigenvalue weighted by molar-refractivity contribution is 0.473. The monoisotopic (exact) mass is 356 g/mol. The molecule has 0 aliphatic heterocycles. The molecular formula is C22H12O5. The van der Waals surface area contributed by atoms with E-state index in [1.165, 1.54) is 18.2 Å². The summed E-state index contributed by atoms with van der Waals surface area (Å²) >= 11 is 0. The maximum atomic E-state index is 12.6. The van der Waals surface area contributed by atoms with Gasteiger partial charge in [0.05, 0.1) is 5.56 Å². The third-order valence-corrected chi connectivity index (χ3v) is 4.66. The molecule has 5 aromatic rings. The summed E-state index contributed by atoms with van der Waals surface area (Å²) in [7, 11) is 0. The largest absolute Gasteiger partial charge is 0.508 e. The second-order valence-electron chi connectivity index (χ2n) is 6.31. The lowest BCUT2D eigenvalue weighted by atomic mass is 10.00. The van der Waals surface area contributed by atoms with Gasteiger partial charge in [0.25, 0.3) is 0 Å². The Bertz CT molecular complexity index is 1470. The number of fused-ring (bicyclic) bond motifs is 4. The first-order chi connectivity index (χ1) is 13.1. The third-order valence-electron chi connectivity index (χ3n) is 4.66. The molecule has 1 N–H and O–H groups in total. The molecule has 0 saturated carbocycles. The summed E-state index contributed by atoms with van der Waals surface area (Å²) in [6.45, 7) is 0. The van der Waals surface area contributed by atoms with Crippen molar-refractivity contribution >= 4 is 32.7 Å². The minimum atomic E-state index is -0.611. The van der Waals surface area contributed by atoms with Gasteiger partial charge in [-0.05, 0) is 35.0 Å². The third kappa shape index (κ3) is 2.40. The van der Waals surface area contributed by atoms with E-state index in [0.717, 1.165) is 16.2 Å². The Labute approximate surface area is 151 Å². The highest BCUT2D eigenvalue weighted by Gasteiger charge is 2.15. The van der Waals surface area contributed by atoms with E-state index in [0.29, 0.717) is 16.5 Å². The fourth-order valence-corrected chi connectivity index (χ4v) is 3.43. The van der Waals surface area contributed by atoms with E-state index in [1.54, 1.807) is 18.2 Å². The normalized spacial score (nSPS) is 11.4. The Morgan fingerprint density at radius 3 is 2.41 bits per heavy atom. The van der Waals surface area contributed by atoms with Crippen LogP contribution in [-0.2, 0) is 0 Å². The van der Waals surface area contributed by atoms with Crippen molar-refractivity contribution in [2.24, 2.45) is 0 Å². The molecule has 0 saturated heterocycles. The molecule has 3 aromatic carbocycles. The number of rotatable bonds is 1. The minimum Gasteiger partial charge on any atom is -0.508 e. The second-order valence-corrected chi connectivity index (χ2v) is 6.31. The highest BCUT2D eigenvalue weighted by atomic mass is 16.4. The van der Waals surface area contributed by atoms with Crippen LogP contribution in [0.4, 0.5) is 0 Å². The summed E-state index contributed by atoms with van der Waals surface area (Å²) in [5.74, 6) is -0.0284. The Hall–Kier alpha value is -3.86. The Kier molecular flexibility index (Phi) is 3.18. The van der Waals surface area contributed by atoms with Gasteiger partial charge in [0.15, 0.2) is 0 Å². The molecule has 5 rings (SSSR count). The first-order valence-electron chi connectivity index (χ1n) is 8.33. The number of phenols is 1. The summed E-state index contributed by atoms with van der Waals surface area (Å²) in [6.07, 6.45) is 0. The standard InChI is InChI=1S/C22H12O5/c23-13-6-7-15-16(11-21(24)26-20(15)9-13)18-10-17-14-4-2-1-3-12(14)5-8-19(17)27-22(18)25/h1-11,23H. The fourth-order valence-electron chi connectivity index (χ4n) is 3.43.